The number of H-pyrrole nitrogens is 1. The normalized spacial score (nSPS) is 15.0. The van der Waals surface area contributed by atoms with Gasteiger partial charge in [0.05, 0.1) is 37.1 Å². The van der Waals surface area contributed by atoms with Crippen LogP contribution in [-0.2, 0) is 9.09 Å². The van der Waals surface area contributed by atoms with E-state index < -0.39 is 7.82 Å². The summed E-state index contributed by atoms with van der Waals surface area (Å²) in [5.41, 5.74) is 1.59. The van der Waals surface area contributed by atoms with Crippen molar-refractivity contribution in [2.24, 2.45) is 0 Å². The summed E-state index contributed by atoms with van der Waals surface area (Å²) >= 11 is 6.25. The first-order valence-electron chi connectivity index (χ1n) is 6.83. The summed E-state index contributed by atoms with van der Waals surface area (Å²) < 4.78 is 22.9. The van der Waals surface area contributed by atoms with Gasteiger partial charge in [0, 0.05) is 6.20 Å². The lowest BCUT2D eigenvalue weighted by atomic mass is 10.2. The number of phosphoric ester groups is 1. The quantitative estimate of drug-likeness (QED) is 0.621. The minimum atomic E-state index is -4.20. The maximum atomic E-state index is 12.1. The number of halogens is 1. The van der Waals surface area contributed by atoms with Crippen molar-refractivity contribution in [3.8, 4) is 5.75 Å². The van der Waals surface area contributed by atoms with Crippen LogP contribution in [0.4, 0.5) is 0 Å². The summed E-state index contributed by atoms with van der Waals surface area (Å²) in [5.74, 6) is 0.208. The second kappa shape index (κ2) is 6.22. The Bertz CT molecular complexity index is 723. The number of benzene rings is 1. The lowest BCUT2D eigenvalue weighted by Gasteiger charge is -2.24. The molecule has 2 N–H and O–H groups in total. The van der Waals surface area contributed by atoms with E-state index in [1.54, 1.807) is 0 Å². The first-order chi connectivity index (χ1) is 10.1. The van der Waals surface area contributed by atoms with E-state index in [9.17, 15) is 9.46 Å². The molecule has 1 unspecified atom stereocenters. The number of nitrogens with zero attached hydrogens (tertiary/aromatic N) is 1. The summed E-state index contributed by atoms with van der Waals surface area (Å²) in [6.07, 6.45) is 1.50. The van der Waals surface area contributed by atoms with E-state index in [2.05, 4.69) is 4.98 Å². The summed E-state index contributed by atoms with van der Waals surface area (Å²) in [7, 11) is 1.71. The first-order valence-corrected chi connectivity index (χ1v) is 8.70. The number of aryl methyl sites for hydroxylation is 1. The zero-order valence-corrected chi connectivity index (χ0v) is 14.7. The van der Waals surface area contributed by atoms with Crippen molar-refractivity contribution in [3.63, 3.8) is 0 Å². The van der Waals surface area contributed by atoms with Crippen molar-refractivity contribution in [2.45, 2.75) is 6.92 Å². The number of likely N-dealkylation sites (N-methyl/N-ethyl adjacent to an activating group) is 1. The summed E-state index contributed by atoms with van der Waals surface area (Å²) in [6, 6.07) is 3.70. The minimum Gasteiger partial charge on any atom is -0.402 e. The van der Waals surface area contributed by atoms with Crippen LogP contribution in [0.3, 0.4) is 0 Å². The molecule has 1 aromatic carbocycles. The number of hydrogen-bond donors (Lipinski definition) is 2. The number of nitrogens with one attached hydrogen (secondary N) is 1. The Balaban J connectivity index is 2.16. The highest BCUT2D eigenvalue weighted by atomic mass is 35.5. The molecule has 8 heteroatoms. The van der Waals surface area contributed by atoms with E-state index in [0.717, 1.165) is 11.1 Å². The largest absolute Gasteiger partial charge is 0.527 e. The van der Waals surface area contributed by atoms with Gasteiger partial charge < -0.3 is 14.0 Å². The van der Waals surface area contributed by atoms with E-state index in [1.807, 2.05) is 40.2 Å². The summed E-state index contributed by atoms with van der Waals surface area (Å²) in [4.78, 5) is 12.8. The third-order valence-electron chi connectivity index (χ3n) is 3.17. The number of quaternary nitrogens is 1. The van der Waals surface area contributed by atoms with Gasteiger partial charge in [0.1, 0.15) is 13.2 Å². The number of phosphoric acid groups is 1. The van der Waals surface area contributed by atoms with Gasteiger partial charge in [-0.2, -0.15) is 0 Å². The summed E-state index contributed by atoms with van der Waals surface area (Å²) in [5, 5.41) is 1.06. The van der Waals surface area contributed by atoms with Gasteiger partial charge in [-0.15, -0.1) is 0 Å². The van der Waals surface area contributed by atoms with Gasteiger partial charge in [-0.3, -0.25) is 9.42 Å². The molecule has 0 radical (unpaired) electrons. The zero-order valence-electron chi connectivity index (χ0n) is 13.1. The molecule has 1 heterocycles. The van der Waals surface area contributed by atoms with E-state index in [-0.39, 0.29) is 12.4 Å². The van der Waals surface area contributed by atoms with Gasteiger partial charge in [0.2, 0.25) is 0 Å². The molecule has 0 fully saturated rings. The van der Waals surface area contributed by atoms with E-state index in [0.29, 0.717) is 21.4 Å². The van der Waals surface area contributed by atoms with Crippen molar-refractivity contribution in [3.05, 3.63) is 28.9 Å². The molecule has 0 saturated carbocycles. The third kappa shape index (κ3) is 4.24. The first kappa shape index (κ1) is 17.3. The Morgan fingerprint density at radius 3 is 2.68 bits per heavy atom. The fourth-order valence-electron chi connectivity index (χ4n) is 1.91. The van der Waals surface area contributed by atoms with Gasteiger partial charge in [-0.1, -0.05) is 17.7 Å². The van der Waals surface area contributed by atoms with Gasteiger partial charge in [-0.25, -0.2) is 4.57 Å². The maximum Gasteiger partial charge on any atom is 0.527 e. The molecule has 2 rings (SSSR count). The second-order valence-electron chi connectivity index (χ2n) is 6.18. The molecule has 0 bridgehead atoms. The van der Waals surface area contributed by atoms with Crippen LogP contribution in [0.15, 0.2) is 18.3 Å². The molecule has 0 aliphatic rings. The van der Waals surface area contributed by atoms with Gasteiger partial charge in [0.15, 0.2) is 5.75 Å². The summed E-state index contributed by atoms with van der Waals surface area (Å²) in [6.45, 7) is 2.56. The van der Waals surface area contributed by atoms with E-state index >= 15 is 0 Å². The molecule has 1 atom stereocenters. The molecule has 0 aliphatic carbocycles. The van der Waals surface area contributed by atoms with E-state index in [1.165, 1.54) is 6.20 Å². The molecule has 1 aromatic heterocycles. The lowest BCUT2D eigenvalue weighted by molar-refractivity contribution is -0.870. The number of aromatic amines is 1. The standard InChI is InChI=1S/C14H20ClN2O4P/c1-10-5-6-11-13(14(10)15)12(9-16-11)21-22(18,19)20-8-7-17(2,3)4/h5-6,9,16H,7-8H2,1-4H3/p+1. The maximum absolute atomic E-state index is 12.1. The number of aromatic nitrogens is 1. The predicted octanol–water partition coefficient (Wildman–Crippen LogP) is 3.33. The van der Waals surface area contributed by atoms with E-state index in [4.69, 9.17) is 20.6 Å². The molecule has 0 saturated heterocycles. The molecule has 0 aliphatic heterocycles. The molecule has 22 heavy (non-hydrogen) atoms. The van der Waals surface area contributed by atoms with Crippen molar-refractivity contribution in [1.29, 1.82) is 0 Å². The third-order valence-corrected chi connectivity index (χ3v) is 4.59. The van der Waals surface area contributed by atoms with Crippen LogP contribution in [0.25, 0.3) is 10.9 Å². The average molecular weight is 348 g/mol. The second-order valence-corrected chi connectivity index (χ2v) is 7.93. The van der Waals surface area contributed by atoms with Crippen LogP contribution in [0.5, 0.6) is 5.75 Å². The molecular weight excluding hydrogens is 327 g/mol. The Morgan fingerprint density at radius 1 is 1.36 bits per heavy atom. The van der Waals surface area contributed by atoms with Crippen molar-refractivity contribution in [2.75, 3.05) is 34.3 Å². The van der Waals surface area contributed by atoms with Crippen LogP contribution in [0.2, 0.25) is 5.02 Å². The molecule has 0 amide bonds. The number of hydrogen-bond acceptors (Lipinski definition) is 3. The molecular formula is C14H21ClN2O4P+. The van der Waals surface area contributed by atoms with Gasteiger partial charge in [-0.05, 0) is 18.6 Å². The highest BCUT2D eigenvalue weighted by Crippen LogP contribution is 2.47. The highest BCUT2D eigenvalue weighted by molar-refractivity contribution is 7.47. The number of fused-ring (bicyclic) bond motifs is 1. The topological polar surface area (TPSA) is 71.6 Å². The molecule has 2 aromatic rings. The van der Waals surface area contributed by atoms with Gasteiger partial charge in [0.25, 0.3) is 0 Å². The van der Waals surface area contributed by atoms with Crippen molar-refractivity contribution in [1.82, 2.24) is 4.98 Å². The van der Waals surface area contributed by atoms with Crippen LogP contribution >= 0.6 is 19.4 Å². The Morgan fingerprint density at radius 2 is 2.05 bits per heavy atom. The Hall–Kier alpha value is -1.04. The zero-order chi connectivity index (χ0) is 16.5. The van der Waals surface area contributed by atoms with Crippen molar-refractivity contribution < 1.29 is 23.0 Å². The molecule has 0 spiro atoms. The Kier molecular flexibility index (Phi) is 4.90. The number of rotatable bonds is 6. The monoisotopic (exact) mass is 347 g/mol. The highest BCUT2D eigenvalue weighted by Gasteiger charge is 2.26. The Labute approximate surface area is 134 Å². The van der Waals surface area contributed by atoms with Crippen LogP contribution in [0.1, 0.15) is 5.56 Å². The van der Waals surface area contributed by atoms with Crippen LogP contribution < -0.4 is 4.52 Å². The van der Waals surface area contributed by atoms with Crippen LogP contribution in [-0.4, -0.2) is 48.7 Å². The van der Waals surface area contributed by atoms with Gasteiger partial charge >= 0.3 is 7.82 Å². The van der Waals surface area contributed by atoms with Crippen LogP contribution in [0, 0.1) is 6.92 Å². The molecule has 6 nitrogen and oxygen atoms in total. The molecule has 122 valence electrons. The lowest BCUT2D eigenvalue weighted by Crippen LogP contribution is -2.37. The predicted molar refractivity (Wildman–Crippen MR) is 87.4 cm³/mol. The average Bonchev–Trinajstić information content (AvgIpc) is 2.75. The fraction of sp³-hybridized carbons (Fsp3) is 0.429. The van der Waals surface area contributed by atoms with Crippen molar-refractivity contribution >= 4 is 30.3 Å². The smallest absolute Gasteiger partial charge is 0.402 e. The SMILES string of the molecule is Cc1ccc2[nH]cc(OP(=O)(O)OCC[N+](C)(C)C)c2c1Cl. The fourth-order valence-corrected chi connectivity index (χ4v) is 2.93. The minimum absolute atomic E-state index is 0.117.